The van der Waals surface area contributed by atoms with Crippen LogP contribution in [-0.4, -0.2) is 52.9 Å². The third kappa shape index (κ3) is 5.59. The van der Waals surface area contributed by atoms with E-state index < -0.39 is 37.7 Å². The van der Waals surface area contributed by atoms with E-state index >= 15 is 0 Å². The van der Waals surface area contributed by atoms with E-state index in [2.05, 4.69) is 9.68 Å². The summed E-state index contributed by atoms with van der Waals surface area (Å²) < 4.78 is 46.1. The molecule has 0 bridgehead atoms. The zero-order valence-corrected chi connectivity index (χ0v) is 10.3. The molecule has 1 aromatic rings. The van der Waals surface area contributed by atoms with Crippen LogP contribution in [0, 0.1) is 6.92 Å². The number of nitrogens with zero attached hydrogens (tertiary/aromatic N) is 2. The van der Waals surface area contributed by atoms with Gasteiger partial charge in [0.15, 0.2) is 6.61 Å². The van der Waals surface area contributed by atoms with Gasteiger partial charge in [-0.2, -0.15) is 13.2 Å². The van der Waals surface area contributed by atoms with Gasteiger partial charge in [-0.3, -0.25) is 9.59 Å². The molecule has 10 heteroatoms. The zero-order valence-electron chi connectivity index (χ0n) is 10.3. The van der Waals surface area contributed by atoms with Crippen molar-refractivity contribution in [3.63, 3.8) is 0 Å². The predicted molar refractivity (Wildman–Crippen MR) is 57.0 cm³/mol. The molecular formula is C10H11F3N2O5. The Morgan fingerprint density at radius 3 is 2.60 bits per heavy atom. The molecule has 1 amide bonds. The molecule has 0 radical (unpaired) electrons. The molecule has 0 unspecified atom stereocenters. The minimum atomic E-state index is -4.70. The van der Waals surface area contributed by atoms with E-state index in [1.165, 1.54) is 6.07 Å². The number of carbonyl (C=O) groups is 2. The van der Waals surface area contributed by atoms with Gasteiger partial charge in [-0.1, -0.05) is 0 Å². The van der Waals surface area contributed by atoms with Crippen LogP contribution in [0.15, 0.2) is 10.6 Å². The van der Waals surface area contributed by atoms with Crippen molar-refractivity contribution in [3.05, 3.63) is 11.8 Å². The maximum atomic E-state index is 12.2. The van der Waals surface area contributed by atoms with Crippen LogP contribution in [0.5, 0.6) is 5.88 Å². The number of aryl methyl sites for hydroxylation is 1. The highest BCUT2D eigenvalue weighted by atomic mass is 19.4. The van der Waals surface area contributed by atoms with Crippen LogP contribution in [-0.2, 0) is 9.59 Å². The normalized spacial score (nSPS) is 11.2. The lowest BCUT2D eigenvalue weighted by Crippen LogP contribution is -2.44. The standard InChI is InChI=1S/C10H11F3N2O5/c1-6-2-7(14-20-6)19-4-8(16)15(3-9(17)18)5-10(11,12)13/h2H,3-5H2,1H3,(H,17,18). The Balaban J connectivity index is 2.60. The van der Waals surface area contributed by atoms with Crippen molar-refractivity contribution in [2.24, 2.45) is 0 Å². The third-order valence-electron chi connectivity index (χ3n) is 2.00. The van der Waals surface area contributed by atoms with Crippen molar-refractivity contribution in [1.29, 1.82) is 0 Å². The molecule has 0 aliphatic rings. The van der Waals surface area contributed by atoms with E-state index in [0.29, 0.717) is 5.76 Å². The molecule has 0 atom stereocenters. The van der Waals surface area contributed by atoms with Gasteiger partial charge >= 0.3 is 12.1 Å². The molecule has 7 nitrogen and oxygen atoms in total. The SMILES string of the molecule is Cc1cc(OCC(=O)N(CC(=O)O)CC(F)(F)F)no1. The summed E-state index contributed by atoms with van der Waals surface area (Å²) in [5.41, 5.74) is 0. The van der Waals surface area contributed by atoms with E-state index in [1.807, 2.05) is 0 Å². The van der Waals surface area contributed by atoms with Crippen LogP contribution >= 0.6 is 0 Å². The summed E-state index contributed by atoms with van der Waals surface area (Å²) in [4.78, 5) is 22.1. The van der Waals surface area contributed by atoms with Crippen LogP contribution in [0.1, 0.15) is 5.76 Å². The predicted octanol–water partition coefficient (Wildman–Crippen LogP) is 0.837. The first-order chi connectivity index (χ1) is 9.17. The van der Waals surface area contributed by atoms with Gasteiger partial charge in [0, 0.05) is 6.07 Å². The molecule has 1 N–H and O–H groups in total. The van der Waals surface area contributed by atoms with Crippen molar-refractivity contribution in [2.75, 3.05) is 19.7 Å². The number of ether oxygens (including phenoxy) is 1. The van der Waals surface area contributed by atoms with Gasteiger partial charge in [-0.15, -0.1) is 0 Å². The van der Waals surface area contributed by atoms with E-state index in [9.17, 15) is 22.8 Å². The number of aromatic nitrogens is 1. The van der Waals surface area contributed by atoms with E-state index in [4.69, 9.17) is 9.84 Å². The Morgan fingerprint density at radius 1 is 1.50 bits per heavy atom. The summed E-state index contributed by atoms with van der Waals surface area (Å²) in [5, 5.41) is 11.9. The minimum absolute atomic E-state index is 0.0712. The number of hydrogen-bond acceptors (Lipinski definition) is 5. The van der Waals surface area contributed by atoms with Crippen molar-refractivity contribution < 1.29 is 37.1 Å². The Bertz CT molecular complexity index is 485. The van der Waals surface area contributed by atoms with Gasteiger partial charge in [0.2, 0.25) is 0 Å². The second-order valence-electron chi connectivity index (χ2n) is 3.82. The Labute approximate surface area is 110 Å². The molecule has 0 aliphatic heterocycles. The highest BCUT2D eigenvalue weighted by Gasteiger charge is 2.34. The summed E-state index contributed by atoms with van der Waals surface area (Å²) >= 11 is 0. The largest absolute Gasteiger partial charge is 0.480 e. The second kappa shape index (κ2) is 6.26. The molecule has 0 fully saturated rings. The highest BCUT2D eigenvalue weighted by Crippen LogP contribution is 2.17. The molecular weight excluding hydrogens is 285 g/mol. The molecule has 1 heterocycles. The number of carbonyl (C=O) groups excluding carboxylic acids is 1. The quantitative estimate of drug-likeness (QED) is 0.836. The summed E-state index contributed by atoms with van der Waals surface area (Å²) in [6, 6.07) is 1.33. The van der Waals surface area contributed by atoms with E-state index in [0.717, 1.165) is 0 Å². The number of carboxylic acids is 1. The van der Waals surface area contributed by atoms with Crippen LogP contribution < -0.4 is 4.74 Å². The smallest absolute Gasteiger partial charge is 0.406 e. The Hall–Kier alpha value is -2.26. The van der Waals surface area contributed by atoms with Gasteiger partial charge < -0.3 is 19.3 Å². The Morgan fingerprint density at radius 2 is 2.15 bits per heavy atom. The molecule has 0 aliphatic carbocycles. The average molecular weight is 296 g/mol. The maximum absolute atomic E-state index is 12.2. The molecule has 0 aromatic carbocycles. The summed E-state index contributed by atoms with van der Waals surface area (Å²) in [6.45, 7) is -1.95. The average Bonchev–Trinajstić information content (AvgIpc) is 2.68. The van der Waals surface area contributed by atoms with Crippen molar-refractivity contribution in [3.8, 4) is 5.88 Å². The van der Waals surface area contributed by atoms with Crippen molar-refractivity contribution in [1.82, 2.24) is 10.1 Å². The number of amides is 1. The first-order valence-corrected chi connectivity index (χ1v) is 5.30. The summed E-state index contributed by atoms with van der Waals surface area (Å²) in [7, 11) is 0. The molecule has 1 aromatic heterocycles. The fraction of sp³-hybridized carbons (Fsp3) is 0.500. The van der Waals surface area contributed by atoms with Crippen LogP contribution in [0.4, 0.5) is 13.2 Å². The summed E-state index contributed by atoms with van der Waals surface area (Å²) in [6.07, 6.45) is -4.70. The van der Waals surface area contributed by atoms with Crippen LogP contribution in [0.2, 0.25) is 0 Å². The third-order valence-corrected chi connectivity index (χ3v) is 2.00. The maximum Gasteiger partial charge on any atom is 0.406 e. The lowest BCUT2D eigenvalue weighted by molar-refractivity contribution is -0.166. The van der Waals surface area contributed by atoms with Gasteiger partial charge in [-0.25, -0.2) is 0 Å². The number of halogens is 3. The molecule has 1 rings (SSSR count). The van der Waals surface area contributed by atoms with Crippen molar-refractivity contribution in [2.45, 2.75) is 13.1 Å². The van der Waals surface area contributed by atoms with Gasteiger partial charge in [-0.05, 0) is 12.1 Å². The van der Waals surface area contributed by atoms with Gasteiger partial charge in [0.1, 0.15) is 18.8 Å². The highest BCUT2D eigenvalue weighted by molar-refractivity contribution is 5.82. The zero-order chi connectivity index (χ0) is 15.3. The topological polar surface area (TPSA) is 92.9 Å². The van der Waals surface area contributed by atoms with Gasteiger partial charge in [0.05, 0.1) is 0 Å². The number of hydrogen-bond donors (Lipinski definition) is 1. The minimum Gasteiger partial charge on any atom is -0.480 e. The van der Waals surface area contributed by atoms with Crippen molar-refractivity contribution >= 4 is 11.9 Å². The fourth-order valence-electron chi connectivity index (χ4n) is 1.25. The fourth-order valence-corrected chi connectivity index (χ4v) is 1.25. The number of alkyl halides is 3. The van der Waals surface area contributed by atoms with Gasteiger partial charge in [0.25, 0.3) is 11.8 Å². The molecule has 0 saturated heterocycles. The molecule has 0 saturated carbocycles. The van der Waals surface area contributed by atoms with E-state index in [-0.39, 0.29) is 10.8 Å². The molecule has 112 valence electrons. The van der Waals surface area contributed by atoms with Crippen LogP contribution in [0.25, 0.3) is 0 Å². The lowest BCUT2D eigenvalue weighted by atomic mass is 10.4. The molecule has 20 heavy (non-hydrogen) atoms. The first-order valence-electron chi connectivity index (χ1n) is 5.30. The van der Waals surface area contributed by atoms with E-state index in [1.54, 1.807) is 6.92 Å². The number of rotatable bonds is 6. The molecule has 0 spiro atoms. The summed E-state index contributed by atoms with van der Waals surface area (Å²) in [5.74, 6) is -2.35. The Kier molecular flexibility index (Phi) is 4.94. The van der Waals surface area contributed by atoms with Crippen LogP contribution in [0.3, 0.4) is 0 Å². The monoisotopic (exact) mass is 296 g/mol. The lowest BCUT2D eigenvalue weighted by Gasteiger charge is -2.21. The second-order valence-corrected chi connectivity index (χ2v) is 3.82. The number of carboxylic acid groups (broad SMARTS) is 1. The number of aliphatic carboxylic acids is 1. The first kappa shape index (κ1) is 15.8.